The summed E-state index contributed by atoms with van der Waals surface area (Å²) in [6.45, 7) is 0. The number of aromatic nitrogens is 1. The molecule has 0 aliphatic rings. The van der Waals surface area contributed by atoms with Crippen molar-refractivity contribution in [1.82, 2.24) is 4.98 Å². The highest BCUT2D eigenvalue weighted by atomic mass is 32.2. The summed E-state index contributed by atoms with van der Waals surface area (Å²) in [5.41, 5.74) is 6.31. The topological polar surface area (TPSA) is 66.5 Å². The van der Waals surface area contributed by atoms with Gasteiger partial charge in [0.1, 0.15) is 0 Å². The van der Waals surface area contributed by atoms with Crippen molar-refractivity contribution in [3.8, 4) is 0 Å². The smallest absolute Gasteiger partial charge is 0.180 e. The van der Waals surface area contributed by atoms with E-state index in [9.17, 15) is 0 Å². The van der Waals surface area contributed by atoms with Crippen LogP contribution in [0.25, 0.3) is 0 Å². The van der Waals surface area contributed by atoms with Gasteiger partial charge in [-0.3, -0.25) is 0 Å². The molecule has 1 aromatic rings. The molecule has 64 valence electrons. The zero-order valence-corrected chi connectivity index (χ0v) is 7.51. The lowest BCUT2D eigenvalue weighted by molar-refractivity contribution is 1.24. The van der Waals surface area contributed by atoms with Crippen LogP contribution in [0.4, 0.5) is 0 Å². The fraction of sp³-hybridized carbons (Fsp3) is 0.143. The van der Waals surface area contributed by atoms with Crippen molar-refractivity contribution in [2.45, 2.75) is 0 Å². The third-order valence-corrected chi connectivity index (χ3v) is 1.68. The number of thioether (sulfide) groups is 1. The lowest BCUT2D eigenvalue weighted by atomic mass is 10.5. The van der Waals surface area contributed by atoms with Crippen LogP contribution in [0.2, 0.25) is 0 Å². The van der Waals surface area contributed by atoms with Crippen LogP contribution in [-0.4, -0.2) is 22.6 Å². The molecule has 0 saturated heterocycles. The lowest BCUT2D eigenvalue weighted by Crippen LogP contribution is -2.03. The highest BCUT2D eigenvalue weighted by Gasteiger charge is 1.85. The maximum Gasteiger partial charge on any atom is 0.180 e. The number of nitrogens with two attached hydrogens (primary N) is 1. The first-order valence-corrected chi connectivity index (χ1v) is 4.59. The number of rotatable bonds is 2. The molecule has 0 aliphatic heterocycles. The second kappa shape index (κ2) is 4.61. The van der Waals surface area contributed by atoms with Gasteiger partial charge in [-0.25, -0.2) is 0 Å². The molecular weight excluding hydrogens is 172 g/mol. The molecule has 0 fully saturated rings. The molecule has 1 rings (SSSR count). The van der Waals surface area contributed by atoms with Gasteiger partial charge < -0.3 is 10.7 Å². The summed E-state index contributed by atoms with van der Waals surface area (Å²) >= 11 is 1.37. The third kappa shape index (κ3) is 2.79. The number of aromatic amines is 1. The average molecular weight is 182 g/mol. The molecule has 12 heavy (non-hydrogen) atoms. The van der Waals surface area contributed by atoms with Crippen LogP contribution in [0.5, 0.6) is 0 Å². The number of hydrogen-bond donors (Lipinski definition) is 2. The molecule has 1 aromatic heterocycles. The summed E-state index contributed by atoms with van der Waals surface area (Å²) in [7, 11) is 0. The van der Waals surface area contributed by atoms with E-state index in [0.717, 1.165) is 5.69 Å². The molecule has 0 radical (unpaired) electrons. The van der Waals surface area contributed by atoms with Crippen LogP contribution in [-0.2, 0) is 0 Å². The van der Waals surface area contributed by atoms with Crippen molar-refractivity contribution < 1.29 is 0 Å². The Kier molecular flexibility index (Phi) is 3.40. The molecule has 0 unspecified atom stereocenters. The standard InChI is InChI=1S/C7H10N4S/c1-12-7(8)11-10-5-6-3-2-4-9-6/h2-5,9H,1H3,(H2,8,11)/b10-5+. The molecule has 3 N–H and O–H groups in total. The van der Waals surface area contributed by atoms with Gasteiger partial charge in [-0.1, -0.05) is 11.8 Å². The van der Waals surface area contributed by atoms with E-state index in [1.165, 1.54) is 11.8 Å². The van der Waals surface area contributed by atoms with Crippen molar-refractivity contribution in [3.05, 3.63) is 24.0 Å². The minimum Gasteiger partial charge on any atom is -0.377 e. The zero-order chi connectivity index (χ0) is 8.81. The van der Waals surface area contributed by atoms with Gasteiger partial charge in [0.15, 0.2) is 5.17 Å². The maximum atomic E-state index is 5.40. The molecule has 0 atom stereocenters. The van der Waals surface area contributed by atoms with E-state index in [4.69, 9.17) is 5.73 Å². The highest BCUT2D eigenvalue weighted by molar-refractivity contribution is 8.13. The van der Waals surface area contributed by atoms with E-state index < -0.39 is 0 Å². The normalized spacial score (nSPS) is 12.6. The van der Waals surface area contributed by atoms with E-state index >= 15 is 0 Å². The van der Waals surface area contributed by atoms with Crippen LogP contribution < -0.4 is 5.73 Å². The van der Waals surface area contributed by atoms with Gasteiger partial charge in [0.25, 0.3) is 0 Å². The largest absolute Gasteiger partial charge is 0.377 e. The van der Waals surface area contributed by atoms with Crippen LogP contribution in [0.3, 0.4) is 0 Å². The van der Waals surface area contributed by atoms with Gasteiger partial charge >= 0.3 is 0 Å². The lowest BCUT2D eigenvalue weighted by Gasteiger charge is -1.87. The fourth-order valence-electron chi connectivity index (χ4n) is 0.613. The Labute approximate surface area is 75.0 Å². The van der Waals surface area contributed by atoms with Crippen molar-refractivity contribution >= 4 is 23.1 Å². The minimum atomic E-state index is 0.456. The molecule has 5 heteroatoms. The first-order chi connectivity index (χ1) is 5.83. The number of amidine groups is 1. The Morgan fingerprint density at radius 3 is 3.17 bits per heavy atom. The van der Waals surface area contributed by atoms with E-state index in [0.29, 0.717) is 5.17 Å². The van der Waals surface area contributed by atoms with Crippen LogP contribution in [0.1, 0.15) is 5.69 Å². The summed E-state index contributed by atoms with van der Waals surface area (Å²) in [6, 6.07) is 3.79. The van der Waals surface area contributed by atoms with Gasteiger partial charge in [-0.05, 0) is 18.4 Å². The Morgan fingerprint density at radius 2 is 2.58 bits per heavy atom. The Hall–Kier alpha value is -1.23. The van der Waals surface area contributed by atoms with E-state index in [1.807, 2.05) is 24.6 Å². The predicted molar refractivity (Wildman–Crippen MR) is 53.5 cm³/mol. The summed E-state index contributed by atoms with van der Waals surface area (Å²) in [4.78, 5) is 2.96. The van der Waals surface area contributed by atoms with Gasteiger partial charge in [0, 0.05) is 6.20 Å². The fourth-order valence-corrected chi connectivity index (χ4v) is 0.742. The third-order valence-electron chi connectivity index (χ3n) is 1.18. The molecule has 0 spiro atoms. The van der Waals surface area contributed by atoms with Crippen molar-refractivity contribution in [2.24, 2.45) is 15.9 Å². The number of nitrogens with zero attached hydrogens (tertiary/aromatic N) is 2. The van der Waals surface area contributed by atoms with Crippen molar-refractivity contribution in [3.63, 3.8) is 0 Å². The first kappa shape index (κ1) is 8.86. The Balaban J connectivity index is 2.52. The first-order valence-electron chi connectivity index (χ1n) is 3.37. The summed E-state index contributed by atoms with van der Waals surface area (Å²) in [5.74, 6) is 0. The maximum absolute atomic E-state index is 5.40. The molecule has 0 amide bonds. The minimum absolute atomic E-state index is 0.456. The van der Waals surface area contributed by atoms with Crippen LogP contribution in [0, 0.1) is 0 Å². The number of nitrogens with one attached hydrogen (secondary N) is 1. The predicted octanol–water partition coefficient (Wildman–Crippen LogP) is 1.03. The monoisotopic (exact) mass is 182 g/mol. The van der Waals surface area contributed by atoms with E-state index in [2.05, 4.69) is 15.2 Å². The van der Waals surface area contributed by atoms with E-state index in [-0.39, 0.29) is 0 Å². The second-order valence-corrected chi connectivity index (χ2v) is 2.84. The summed E-state index contributed by atoms with van der Waals surface area (Å²) < 4.78 is 0. The molecule has 0 saturated carbocycles. The molecule has 0 bridgehead atoms. The Morgan fingerprint density at radius 1 is 1.75 bits per heavy atom. The van der Waals surface area contributed by atoms with Crippen LogP contribution >= 0.6 is 11.8 Å². The zero-order valence-electron chi connectivity index (χ0n) is 6.69. The molecule has 4 nitrogen and oxygen atoms in total. The van der Waals surface area contributed by atoms with Gasteiger partial charge in [0.2, 0.25) is 0 Å². The number of hydrogen-bond acceptors (Lipinski definition) is 3. The van der Waals surface area contributed by atoms with Gasteiger partial charge in [-0.15, -0.1) is 5.10 Å². The van der Waals surface area contributed by atoms with Crippen LogP contribution in [0.15, 0.2) is 28.5 Å². The van der Waals surface area contributed by atoms with Gasteiger partial charge in [-0.2, -0.15) is 5.10 Å². The average Bonchev–Trinajstić information content (AvgIpc) is 2.57. The Bertz CT molecular complexity index is 276. The highest BCUT2D eigenvalue weighted by Crippen LogP contribution is 1.92. The van der Waals surface area contributed by atoms with Crippen molar-refractivity contribution in [2.75, 3.05) is 6.26 Å². The SMILES string of the molecule is CS/C(N)=N/N=C/c1ccc[nH]1. The quantitative estimate of drug-likeness (QED) is 0.407. The second-order valence-electron chi connectivity index (χ2n) is 2.01. The molecule has 0 aromatic carbocycles. The number of H-pyrrole nitrogens is 1. The summed E-state index contributed by atoms with van der Waals surface area (Å²) in [6.07, 6.45) is 5.29. The van der Waals surface area contributed by atoms with Gasteiger partial charge in [0.05, 0.1) is 11.9 Å². The molecular formula is C7H10N4S. The molecule has 1 heterocycles. The summed E-state index contributed by atoms with van der Waals surface area (Å²) in [5, 5.41) is 7.95. The van der Waals surface area contributed by atoms with E-state index in [1.54, 1.807) is 6.21 Å². The molecule has 0 aliphatic carbocycles. The van der Waals surface area contributed by atoms with Crippen molar-refractivity contribution in [1.29, 1.82) is 0 Å².